The molecular weight excluding hydrogens is 658 g/mol. The molecule has 4 aliphatic heterocycles. The maximum Gasteiger partial charge on any atom is 0.269 e. The minimum Gasteiger partial charge on any atom is -0.482 e. The minimum atomic E-state index is -1.44. The van der Waals surface area contributed by atoms with Gasteiger partial charge in [-0.1, -0.05) is 73.7 Å². The van der Waals surface area contributed by atoms with Crippen molar-refractivity contribution in [3.63, 3.8) is 0 Å². The van der Waals surface area contributed by atoms with Crippen molar-refractivity contribution in [3.8, 4) is 5.75 Å². The zero-order chi connectivity index (χ0) is 36.4. The van der Waals surface area contributed by atoms with E-state index in [4.69, 9.17) is 9.47 Å². The molecule has 4 heterocycles. The average Bonchev–Trinajstić information content (AvgIpc) is 3.57. The predicted octanol–water partition coefficient (Wildman–Crippen LogP) is 5.24. The lowest BCUT2D eigenvalue weighted by molar-refractivity contribution is -0.151. The van der Waals surface area contributed by atoms with E-state index in [0.29, 0.717) is 41.3 Å². The summed E-state index contributed by atoms with van der Waals surface area (Å²) in [5, 5.41) is 21.9. The summed E-state index contributed by atoms with van der Waals surface area (Å²) >= 11 is 0. The third-order valence-electron chi connectivity index (χ3n) is 11.4. The van der Waals surface area contributed by atoms with E-state index in [1.54, 1.807) is 28.5 Å². The number of ether oxygens (including phenoxy) is 2. The number of benzene rings is 4. The molecule has 5 atom stereocenters. The number of amides is 3. The van der Waals surface area contributed by atoms with E-state index < -0.39 is 29.1 Å². The number of rotatable bonds is 7. The lowest BCUT2D eigenvalue weighted by Gasteiger charge is -2.38. The fourth-order valence-electron chi connectivity index (χ4n) is 9.08. The number of carbonyl (C=O) groups is 3. The van der Waals surface area contributed by atoms with Gasteiger partial charge in [0.2, 0.25) is 5.91 Å². The van der Waals surface area contributed by atoms with Crippen molar-refractivity contribution in [1.82, 2.24) is 4.90 Å². The van der Waals surface area contributed by atoms with Crippen molar-refractivity contribution in [1.29, 1.82) is 0 Å². The minimum absolute atomic E-state index is 0.0496. The van der Waals surface area contributed by atoms with Crippen LogP contribution in [0.25, 0.3) is 0 Å². The van der Waals surface area contributed by atoms with Crippen LogP contribution in [0.5, 0.6) is 5.75 Å². The quantitative estimate of drug-likeness (QED) is 0.271. The van der Waals surface area contributed by atoms with Crippen LogP contribution in [0.15, 0.2) is 97.1 Å². The lowest BCUT2D eigenvalue weighted by atomic mass is 9.70. The van der Waals surface area contributed by atoms with E-state index >= 15 is 0 Å². The van der Waals surface area contributed by atoms with Crippen molar-refractivity contribution < 1.29 is 34.1 Å². The largest absolute Gasteiger partial charge is 0.482 e. The molecule has 268 valence electrons. The van der Waals surface area contributed by atoms with Gasteiger partial charge in [-0.2, -0.15) is 0 Å². The van der Waals surface area contributed by atoms with E-state index in [-0.39, 0.29) is 49.9 Å². The molecular formula is C42H43N3O7. The fraction of sp³-hybridized carbons (Fsp3) is 0.357. The second-order valence-electron chi connectivity index (χ2n) is 15.0. The Morgan fingerprint density at radius 3 is 2.40 bits per heavy atom. The Morgan fingerprint density at radius 2 is 1.63 bits per heavy atom. The highest BCUT2D eigenvalue weighted by Gasteiger charge is 2.66. The monoisotopic (exact) mass is 701 g/mol. The number of carbonyl (C=O) groups excluding carboxylic acids is 3. The molecule has 52 heavy (non-hydrogen) atoms. The molecule has 1 spiro atoms. The Kier molecular flexibility index (Phi) is 8.44. The van der Waals surface area contributed by atoms with E-state index in [1.165, 1.54) is 0 Å². The smallest absolute Gasteiger partial charge is 0.269 e. The molecule has 0 saturated carbocycles. The number of para-hydroxylation sites is 3. The van der Waals surface area contributed by atoms with Gasteiger partial charge >= 0.3 is 0 Å². The highest BCUT2D eigenvalue weighted by molar-refractivity contribution is 6.08. The number of anilines is 3. The summed E-state index contributed by atoms with van der Waals surface area (Å²) in [6.07, 6.45) is -0.272. The summed E-state index contributed by atoms with van der Waals surface area (Å²) in [7, 11) is 0. The third-order valence-corrected chi connectivity index (χ3v) is 11.4. The second kappa shape index (κ2) is 12.9. The molecule has 8 rings (SSSR count). The standard InChI is InChI=1S/C42H43N3O7/c1-26-39(41(2,3)50)36(21-37(47)43-23-29-13-5-4-12-28(29)20-31(43)24-46)52-42(26)32-15-6-7-16-33(32)44(40(42)49)22-27-11-10-14-30(19-27)45-34-17-8-9-18-35(34)51-25-38(45)48/h4-19,26,31,36,39,46,50H,20-25H2,1-3H3/t26-,31-,36+,39-,42+/m0/s1. The molecule has 10 heteroatoms. The summed E-state index contributed by atoms with van der Waals surface area (Å²) < 4.78 is 12.6. The van der Waals surface area contributed by atoms with Gasteiger partial charge < -0.3 is 29.5 Å². The summed E-state index contributed by atoms with van der Waals surface area (Å²) in [5.74, 6) is -1.07. The first kappa shape index (κ1) is 34.1. The zero-order valence-corrected chi connectivity index (χ0v) is 29.6. The van der Waals surface area contributed by atoms with Gasteiger partial charge in [0.1, 0.15) is 5.75 Å². The van der Waals surface area contributed by atoms with Crippen molar-refractivity contribution in [2.45, 2.75) is 70.1 Å². The molecule has 4 aromatic rings. The van der Waals surface area contributed by atoms with Crippen molar-refractivity contribution in [2.75, 3.05) is 23.0 Å². The van der Waals surface area contributed by atoms with Gasteiger partial charge in [-0.3, -0.25) is 19.3 Å². The van der Waals surface area contributed by atoms with Crippen molar-refractivity contribution >= 4 is 34.8 Å². The summed E-state index contributed by atoms with van der Waals surface area (Å²) in [6.45, 7) is 5.69. The molecule has 0 aliphatic carbocycles. The van der Waals surface area contributed by atoms with Gasteiger partial charge in [-0.25, -0.2) is 0 Å². The molecule has 0 unspecified atom stereocenters. The van der Waals surface area contributed by atoms with Crippen LogP contribution in [0.1, 0.15) is 49.4 Å². The molecule has 2 N–H and O–H groups in total. The van der Waals surface area contributed by atoms with Gasteiger partial charge in [-0.15, -0.1) is 0 Å². The average molecular weight is 702 g/mol. The van der Waals surface area contributed by atoms with Crippen molar-refractivity contribution in [3.05, 3.63) is 119 Å². The van der Waals surface area contributed by atoms with Gasteiger partial charge in [-0.05, 0) is 67.3 Å². The van der Waals surface area contributed by atoms with E-state index in [9.17, 15) is 24.6 Å². The van der Waals surface area contributed by atoms with E-state index in [0.717, 1.165) is 16.7 Å². The summed E-state index contributed by atoms with van der Waals surface area (Å²) in [6, 6.07) is 30.1. The molecule has 0 radical (unpaired) electrons. The normalized spacial score (nSPS) is 25.2. The number of fused-ring (bicyclic) bond motifs is 4. The molecule has 1 fully saturated rings. The number of aliphatic hydroxyl groups excluding tert-OH is 1. The molecule has 0 bridgehead atoms. The topological polar surface area (TPSA) is 120 Å². The SMILES string of the molecule is C[C@H]1[C@H](C(C)(C)O)[C@@H](CC(=O)N2Cc3ccccc3C[C@H]2CO)O[C@]12C(=O)N(Cc1cccc(N3C(=O)COc4ccccc43)c1)c1ccccc12. The van der Waals surface area contributed by atoms with Crippen molar-refractivity contribution in [2.24, 2.45) is 11.8 Å². The predicted molar refractivity (Wildman–Crippen MR) is 195 cm³/mol. The molecule has 4 aliphatic rings. The molecule has 3 amide bonds. The van der Waals surface area contributed by atoms with Gasteiger partial charge in [0.05, 0.1) is 48.7 Å². The van der Waals surface area contributed by atoms with Gasteiger partial charge in [0.25, 0.3) is 11.8 Å². The first-order chi connectivity index (χ1) is 25.0. The Bertz CT molecular complexity index is 2060. The van der Waals surface area contributed by atoms with Crippen LogP contribution in [-0.2, 0) is 44.2 Å². The highest BCUT2D eigenvalue weighted by atomic mass is 16.5. The maximum atomic E-state index is 15.0. The number of nitrogens with zero attached hydrogens (tertiary/aromatic N) is 3. The van der Waals surface area contributed by atoms with Crippen LogP contribution in [0.4, 0.5) is 17.1 Å². The Balaban J connectivity index is 1.10. The van der Waals surface area contributed by atoms with Crippen LogP contribution in [0, 0.1) is 11.8 Å². The van der Waals surface area contributed by atoms with Gasteiger partial charge in [0.15, 0.2) is 12.2 Å². The fourth-order valence-corrected chi connectivity index (χ4v) is 9.08. The first-order valence-corrected chi connectivity index (χ1v) is 17.9. The highest BCUT2D eigenvalue weighted by Crippen LogP contribution is 2.58. The maximum absolute atomic E-state index is 15.0. The number of aliphatic hydroxyl groups is 2. The van der Waals surface area contributed by atoms with Crippen LogP contribution in [-0.4, -0.2) is 63.8 Å². The Hall–Kier alpha value is -5.03. The van der Waals surface area contributed by atoms with Crippen LogP contribution in [0.2, 0.25) is 0 Å². The van der Waals surface area contributed by atoms with E-state index in [2.05, 4.69) is 0 Å². The Labute approximate surface area is 303 Å². The molecule has 10 nitrogen and oxygen atoms in total. The third kappa shape index (κ3) is 5.48. The molecule has 4 aromatic carbocycles. The second-order valence-corrected chi connectivity index (χ2v) is 15.0. The zero-order valence-electron chi connectivity index (χ0n) is 29.6. The van der Waals surface area contributed by atoms with Crippen LogP contribution in [0.3, 0.4) is 0 Å². The lowest BCUT2D eigenvalue weighted by Crippen LogP contribution is -2.48. The van der Waals surface area contributed by atoms with E-state index in [1.807, 2.05) is 104 Å². The Morgan fingerprint density at radius 1 is 0.923 bits per heavy atom. The number of hydrogen-bond donors (Lipinski definition) is 2. The van der Waals surface area contributed by atoms with Crippen LogP contribution >= 0.6 is 0 Å². The van der Waals surface area contributed by atoms with Crippen LogP contribution < -0.4 is 14.5 Å². The number of hydrogen-bond acceptors (Lipinski definition) is 7. The first-order valence-electron chi connectivity index (χ1n) is 17.9. The molecule has 0 aromatic heterocycles. The summed E-state index contributed by atoms with van der Waals surface area (Å²) in [5.41, 5.74) is 2.97. The summed E-state index contributed by atoms with van der Waals surface area (Å²) in [4.78, 5) is 47.3. The van der Waals surface area contributed by atoms with Gasteiger partial charge in [0, 0.05) is 29.6 Å². The molecule has 1 saturated heterocycles.